The van der Waals surface area contributed by atoms with E-state index in [1.165, 1.54) is 11.5 Å². The number of ether oxygens (including phenoxy) is 1. The number of Topliss-reactive ketones (excluding diaryl/α,β-unsaturated/α-hetero) is 1. The summed E-state index contributed by atoms with van der Waals surface area (Å²) in [7, 11) is 0. The second-order valence-electron chi connectivity index (χ2n) is 4.04. The summed E-state index contributed by atoms with van der Waals surface area (Å²) in [4.78, 5) is 12.0. The molecule has 0 saturated heterocycles. The fourth-order valence-electron chi connectivity index (χ4n) is 2.03. The molecule has 0 N–H and O–H groups in total. The summed E-state index contributed by atoms with van der Waals surface area (Å²) in [5, 5.41) is 6.06. The van der Waals surface area contributed by atoms with Crippen LogP contribution in [0.25, 0.3) is 0 Å². The molecule has 92 valence electrons. The van der Waals surface area contributed by atoms with Crippen molar-refractivity contribution in [3.63, 3.8) is 0 Å². The highest BCUT2D eigenvalue weighted by Gasteiger charge is 2.20. The Morgan fingerprint density at radius 3 is 3.17 bits per heavy atom. The number of halogens is 1. The molecule has 2 heterocycles. The van der Waals surface area contributed by atoms with Crippen molar-refractivity contribution in [3.05, 3.63) is 39.4 Å². The van der Waals surface area contributed by atoms with E-state index in [9.17, 15) is 4.79 Å². The first-order chi connectivity index (χ1) is 8.74. The van der Waals surface area contributed by atoms with Crippen LogP contribution >= 0.6 is 23.1 Å². The van der Waals surface area contributed by atoms with Crippen molar-refractivity contribution in [1.82, 2.24) is 9.59 Å². The Labute approximate surface area is 113 Å². The normalized spacial score (nSPS) is 13.2. The fourth-order valence-corrected chi connectivity index (χ4v) is 2.75. The third-order valence-corrected chi connectivity index (χ3v) is 3.54. The van der Waals surface area contributed by atoms with Gasteiger partial charge in [-0.2, -0.15) is 0 Å². The Balaban J connectivity index is 1.91. The molecule has 0 radical (unpaired) electrons. The van der Waals surface area contributed by atoms with E-state index in [0.717, 1.165) is 23.3 Å². The summed E-state index contributed by atoms with van der Waals surface area (Å²) >= 11 is 7.21. The zero-order chi connectivity index (χ0) is 12.5. The summed E-state index contributed by atoms with van der Waals surface area (Å²) in [5.74, 6) is 0.736. The van der Waals surface area contributed by atoms with E-state index in [-0.39, 0.29) is 12.2 Å². The van der Waals surface area contributed by atoms with Crippen LogP contribution in [0.1, 0.15) is 21.6 Å². The summed E-state index contributed by atoms with van der Waals surface area (Å²) < 4.78 is 9.25. The number of hydrogen-bond acceptors (Lipinski definition) is 5. The van der Waals surface area contributed by atoms with Gasteiger partial charge in [0, 0.05) is 28.8 Å². The van der Waals surface area contributed by atoms with Gasteiger partial charge in [-0.3, -0.25) is 4.79 Å². The summed E-state index contributed by atoms with van der Waals surface area (Å²) in [6.45, 7) is 0.648. The average Bonchev–Trinajstić information content (AvgIpc) is 2.98. The number of carbonyl (C=O) groups is 1. The molecule has 0 spiro atoms. The van der Waals surface area contributed by atoms with Gasteiger partial charge >= 0.3 is 0 Å². The van der Waals surface area contributed by atoms with Gasteiger partial charge in [-0.25, -0.2) is 0 Å². The van der Waals surface area contributed by atoms with Crippen LogP contribution in [0.2, 0.25) is 5.02 Å². The van der Waals surface area contributed by atoms with Crippen molar-refractivity contribution in [2.45, 2.75) is 12.8 Å². The third kappa shape index (κ3) is 2.11. The second-order valence-corrected chi connectivity index (χ2v) is 5.09. The van der Waals surface area contributed by atoms with Crippen LogP contribution in [0.15, 0.2) is 17.5 Å². The van der Waals surface area contributed by atoms with Crippen molar-refractivity contribution in [3.8, 4) is 5.75 Å². The van der Waals surface area contributed by atoms with Gasteiger partial charge in [-0.1, -0.05) is 16.1 Å². The van der Waals surface area contributed by atoms with Crippen LogP contribution in [0, 0.1) is 0 Å². The Kier molecular flexibility index (Phi) is 3.01. The van der Waals surface area contributed by atoms with E-state index in [0.29, 0.717) is 17.3 Å². The first-order valence-corrected chi connectivity index (χ1v) is 6.70. The van der Waals surface area contributed by atoms with E-state index in [2.05, 4.69) is 9.59 Å². The predicted octanol–water partition coefficient (Wildman–Crippen LogP) is 2.55. The lowest BCUT2D eigenvalue weighted by Gasteiger charge is -2.07. The van der Waals surface area contributed by atoms with Gasteiger partial charge in [-0.05, 0) is 29.2 Å². The number of benzene rings is 1. The number of ketones is 1. The maximum atomic E-state index is 12.0. The van der Waals surface area contributed by atoms with E-state index >= 15 is 0 Å². The highest BCUT2D eigenvalue weighted by molar-refractivity contribution is 7.03. The maximum absolute atomic E-state index is 12.0. The smallest absolute Gasteiger partial charge is 0.188 e. The molecule has 0 amide bonds. The minimum absolute atomic E-state index is 0.0660. The second kappa shape index (κ2) is 4.66. The van der Waals surface area contributed by atoms with Gasteiger partial charge in [0.2, 0.25) is 0 Å². The number of hydrogen-bond donors (Lipinski definition) is 0. The molecular formula is C12H9ClN2O2S. The van der Waals surface area contributed by atoms with Crippen LogP contribution in [-0.2, 0) is 12.8 Å². The number of fused-ring (bicyclic) bond motifs is 1. The number of carbonyl (C=O) groups excluding carboxylic acids is 1. The largest absolute Gasteiger partial charge is 0.493 e. The van der Waals surface area contributed by atoms with Gasteiger partial charge in [0.25, 0.3) is 0 Å². The van der Waals surface area contributed by atoms with Gasteiger partial charge in [0.15, 0.2) is 5.78 Å². The molecule has 0 atom stereocenters. The van der Waals surface area contributed by atoms with Crippen LogP contribution in [0.5, 0.6) is 5.75 Å². The van der Waals surface area contributed by atoms with Gasteiger partial charge in [0.05, 0.1) is 6.61 Å². The lowest BCUT2D eigenvalue weighted by Crippen LogP contribution is -2.05. The molecule has 4 nitrogen and oxygen atoms in total. The lowest BCUT2D eigenvalue weighted by atomic mass is 10.0. The van der Waals surface area contributed by atoms with Crippen molar-refractivity contribution in [2.24, 2.45) is 0 Å². The molecule has 0 bridgehead atoms. The van der Waals surface area contributed by atoms with E-state index in [4.69, 9.17) is 16.3 Å². The average molecular weight is 281 g/mol. The fraction of sp³-hybridized carbons (Fsp3) is 0.250. The quantitative estimate of drug-likeness (QED) is 0.811. The van der Waals surface area contributed by atoms with Crippen molar-refractivity contribution < 1.29 is 9.53 Å². The van der Waals surface area contributed by atoms with E-state index in [1.807, 2.05) is 6.07 Å². The van der Waals surface area contributed by atoms with E-state index < -0.39 is 0 Å². The number of rotatable bonds is 3. The van der Waals surface area contributed by atoms with Crippen LogP contribution < -0.4 is 4.74 Å². The molecule has 6 heteroatoms. The van der Waals surface area contributed by atoms with Gasteiger partial charge in [-0.15, -0.1) is 5.10 Å². The van der Waals surface area contributed by atoms with Crippen LogP contribution in [-0.4, -0.2) is 22.0 Å². The highest BCUT2D eigenvalue weighted by Crippen LogP contribution is 2.33. The Hall–Kier alpha value is -1.46. The Bertz CT molecular complexity index is 598. The predicted molar refractivity (Wildman–Crippen MR) is 68.6 cm³/mol. The zero-order valence-corrected chi connectivity index (χ0v) is 10.9. The van der Waals surface area contributed by atoms with Crippen molar-refractivity contribution in [2.75, 3.05) is 6.61 Å². The lowest BCUT2D eigenvalue weighted by molar-refractivity contribution is 0.0987. The summed E-state index contributed by atoms with van der Waals surface area (Å²) in [6.07, 6.45) is 1.09. The summed E-state index contributed by atoms with van der Waals surface area (Å²) in [6, 6.07) is 3.67. The molecule has 18 heavy (non-hydrogen) atoms. The minimum Gasteiger partial charge on any atom is -0.493 e. The maximum Gasteiger partial charge on any atom is 0.188 e. The minimum atomic E-state index is -0.0660. The van der Waals surface area contributed by atoms with Crippen LogP contribution in [0.4, 0.5) is 0 Å². The third-order valence-electron chi connectivity index (χ3n) is 2.82. The molecule has 0 unspecified atom stereocenters. The molecule has 3 rings (SSSR count). The molecule has 0 saturated carbocycles. The summed E-state index contributed by atoms with van der Waals surface area (Å²) in [5.41, 5.74) is 2.29. The standard InChI is InChI=1S/C12H9ClN2O2S/c13-9-3-7-1-2-17-12(7)8(4-9)5-11(16)10-6-18-15-14-10/h3-4,6H,1-2,5H2. The molecule has 0 aliphatic carbocycles. The first kappa shape index (κ1) is 11.6. The SMILES string of the molecule is O=C(Cc1cc(Cl)cc2c1OCC2)c1csnn1. The molecule has 1 aliphatic rings. The molecule has 0 fully saturated rings. The first-order valence-electron chi connectivity index (χ1n) is 5.48. The molecular weight excluding hydrogens is 272 g/mol. The van der Waals surface area contributed by atoms with E-state index in [1.54, 1.807) is 11.4 Å². The van der Waals surface area contributed by atoms with Crippen molar-refractivity contribution in [1.29, 1.82) is 0 Å². The van der Waals surface area contributed by atoms with Crippen molar-refractivity contribution >= 4 is 28.9 Å². The molecule has 2 aromatic rings. The van der Waals surface area contributed by atoms with Gasteiger partial charge in [0.1, 0.15) is 11.4 Å². The molecule has 1 aromatic heterocycles. The monoisotopic (exact) mass is 280 g/mol. The van der Waals surface area contributed by atoms with Gasteiger partial charge < -0.3 is 4.74 Å². The molecule has 1 aromatic carbocycles. The highest BCUT2D eigenvalue weighted by atomic mass is 35.5. The Morgan fingerprint density at radius 2 is 2.39 bits per heavy atom. The van der Waals surface area contributed by atoms with Crippen LogP contribution in [0.3, 0.4) is 0 Å². The number of nitrogens with zero attached hydrogens (tertiary/aromatic N) is 2. The topological polar surface area (TPSA) is 52.1 Å². The zero-order valence-electron chi connectivity index (χ0n) is 9.35. The molecule has 1 aliphatic heterocycles. The number of aromatic nitrogens is 2. The Morgan fingerprint density at radius 1 is 1.50 bits per heavy atom.